The van der Waals surface area contributed by atoms with Gasteiger partial charge in [-0.3, -0.25) is 19.5 Å². The molecule has 2 fully saturated rings. The van der Waals surface area contributed by atoms with Crippen molar-refractivity contribution >= 4 is 34.2 Å². The van der Waals surface area contributed by atoms with Gasteiger partial charge in [0.2, 0.25) is 11.8 Å². The van der Waals surface area contributed by atoms with Crippen molar-refractivity contribution in [2.24, 2.45) is 5.41 Å². The molecule has 1 aromatic carbocycles. The summed E-state index contributed by atoms with van der Waals surface area (Å²) in [6, 6.07) is 9.45. The van der Waals surface area contributed by atoms with Crippen molar-refractivity contribution in [3.63, 3.8) is 0 Å². The van der Waals surface area contributed by atoms with E-state index in [4.69, 9.17) is 18.9 Å². The second-order valence-corrected chi connectivity index (χ2v) is 10.6. The van der Waals surface area contributed by atoms with Gasteiger partial charge in [-0.05, 0) is 37.1 Å². The zero-order chi connectivity index (χ0) is 31.4. The number of amides is 2. The summed E-state index contributed by atoms with van der Waals surface area (Å²) in [4.78, 5) is 40.9. The van der Waals surface area contributed by atoms with Crippen LogP contribution >= 0.6 is 0 Å². The lowest BCUT2D eigenvalue weighted by Crippen LogP contribution is -2.38. The summed E-state index contributed by atoms with van der Waals surface area (Å²) in [5.41, 5.74) is -0.169. The molecule has 14 heteroatoms. The van der Waals surface area contributed by atoms with Crippen molar-refractivity contribution < 1.29 is 37.3 Å². The number of hydrogen-bond donors (Lipinski definition) is 2. The van der Waals surface area contributed by atoms with Crippen LogP contribution in [-0.4, -0.2) is 78.2 Å². The molecule has 1 saturated carbocycles. The van der Waals surface area contributed by atoms with Gasteiger partial charge >= 0.3 is 0 Å². The molecule has 0 atom stereocenters. The number of ether oxygens (including phenoxy) is 4. The van der Waals surface area contributed by atoms with Crippen LogP contribution in [0.25, 0.3) is 11.0 Å². The Morgan fingerprint density at radius 3 is 2.38 bits per heavy atom. The zero-order valence-corrected chi connectivity index (χ0v) is 24.3. The highest BCUT2D eigenvalue weighted by Crippen LogP contribution is 2.47. The first-order valence-corrected chi connectivity index (χ1v) is 14.3. The number of nitrogens with one attached hydrogen (secondary N) is 2. The fraction of sp³-hybridized carbons (Fsp3) is 0.323. The summed E-state index contributed by atoms with van der Waals surface area (Å²) in [7, 11) is 1.46. The van der Waals surface area contributed by atoms with E-state index >= 15 is 4.39 Å². The fourth-order valence-corrected chi connectivity index (χ4v) is 4.84. The van der Waals surface area contributed by atoms with E-state index in [1.54, 1.807) is 6.07 Å². The molecule has 1 aliphatic heterocycles. The third-order valence-electron chi connectivity index (χ3n) is 7.56. The quantitative estimate of drug-likeness (QED) is 0.235. The molecule has 3 aromatic heterocycles. The van der Waals surface area contributed by atoms with Crippen LogP contribution in [0, 0.1) is 17.0 Å². The molecule has 4 aromatic rings. The van der Waals surface area contributed by atoms with E-state index in [0.717, 1.165) is 19.2 Å². The van der Waals surface area contributed by atoms with Gasteiger partial charge in [-0.25, -0.2) is 18.7 Å². The molecular weight excluding hydrogens is 590 g/mol. The van der Waals surface area contributed by atoms with Gasteiger partial charge < -0.3 is 29.6 Å². The number of carbonyl (C=O) groups excluding carboxylic acids is 2. The number of anilines is 2. The van der Waals surface area contributed by atoms with Crippen LogP contribution in [0.3, 0.4) is 0 Å². The van der Waals surface area contributed by atoms with Crippen LogP contribution in [0.5, 0.6) is 23.3 Å². The summed E-state index contributed by atoms with van der Waals surface area (Å²) in [6.07, 6.45) is 3.34. The second-order valence-electron chi connectivity index (χ2n) is 10.6. The van der Waals surface area contributed by atoms with Gasteiger partial charge in [-0.2, -0.15) is 0 Å². The molecule has 234 valence electrons. The predicted octanol–water partition coefficient (Wildman–Crippen LogP) is 4.17. The number of morpholine rings is 1. The molecule has 0 spiro atoms. The highest BCUT2D eigenvalue weighted by atomic mass is 19.1. The van der Waals surface area contributed by atoms with Crippen molar-refractivity contribution in [3.8, 4) is 23.3 Å². The summed E-state index contributed by atoms with van der Waals surface area (Å²) < 4.78 is 50.8. The Balaban J connectivity index is 1.12. The van der Waals surface area contributed by atoms with Crippen LogP contribution in [0.4, 0.5) is 20.2 Å². The van der Waals surface area contributed by atoms with E-state index in [1.165, 1.54) is 49.8 Å². The number of aromatic nitrogens is 3. The van der Waals surface area contributed by atoms with Crippen molar-refractivity contribution in [3.05, 3.63) is 66.5 Å². The Hall–Kier alpha value is -4.95. The number of halogens is 2. The fourth-order valence-electron chi connectivity index (χ4n) is 4.84. The first kappa shape index (κ1) is 30.1. The van der Waals surface area contributed by atoms with E-state index < -0.39 is 28.9 Å². The average Bonchev–Trinajstić information content (AvgIpc) is 3.86. The largest absolute Gasteiger partial charge is 0.487 e. The Morgan fingerprint density at radius 1 is 0.956 bits per heavy atom. The lowest BCUT2D eigenvalue weighted by atomic mass is 10.0. The number of hydrogen-bond acceptors (Lipinski definition) is 10. The maximum atomic E-state index is 15.1. The van der Waals surface area contributed by atoms with Crippen molar-refractivity contribution in [1.82, 2.24) is 19.9 Å². The van der Waals surface area contributed by atoms with E-state index in [9.17, 15) is 14.0 Å². The number of rotatable bonds is 11. The molecule has 1 saturated heterocycles. The van der Waals surface area contributed by atoms with E-state index in [2.05, 4.69) is 30.5 Å². The SMILES string of the molecule is COc1nc2c(Oc3ncc(NC(=O)C4(C(=O)Nc5ccc(F)cc5)CC4)cc3F)ccnc2cc1OCCN1CCOCC1. The van der Waals surface area contributed by atoms with Crippen LogP contribution < -0.4 is 24.8 Å². The van der Waals surface area contributed by atoms with Crippen molar-refractivity contribution in [1.29, 1.82) is 0 Å². The topological polar surface area (TPSA) is 137 Å². The second kappa shape index (κ2) is 13.0. The summed E-state index contributed by atoms with van der Waals surface area (Å²) >= 11 is 0. The number of benzene rings is 1. The number of nitrogens with zero attached hydrogens (tertiary/aromatic N) is 4. The minimum absolute atomic E-state index is 0.0453. The van der Waals surface area contributed by atoms with Crippen molar-refractivity contribution in [2.75, 3.05) is 57.2 Å². The normalized spacial score (nSPS) is 15.7. The molecule has 0 radical (unpaired) electrons. The van der Waals surface area contributed by atoms with E-state index in [-0.39, 0.29) is 23.2 Å². The van der Waals surface area contributed by atoms with Gasteiger partial charge in [0.15, 0.2) is 17.3 Å². The Kier molecular flexibility index (Phi) is 8.67. The van der Waals surface area contributed by atoms with Crippen LogP contribution in [-0.2, 0) is 14.3 Å². The van der Waals surface area contributed by atoms with Crippen LogP contribution in [0.15, 0.2) is 54.9 Å². The van der Waals surface area contributed by atoms with Crippen molar-refractivity contribution in [2.45, 2.75) is 12.8 Å². The first-order valence-electron chi connectivity index (χ1n) is 14.3. The molecule has 0 bridgehead atoms. The Morgan fingerprint density at radius 2 is 1.69 bits per heavy atom. The van der Waals surface area contributed by atoms with Gasteiger partial charge in [0, 0.05) is 49.7 Å². The lowest BCUT2D eigenvalue weighted by molar-refractivity contribution is -0.131. The lowest BCUT2D eigenvalue weighted by Gasteiger charge is -2.26. The minimum atomic E-state index is -1.31. The maximum absolute atomic E-state index is 15.1. The predicted molar refractivity (Wildman–Crippen MR) is 158 cm³/mol. The molecule has 6 rings (SSSR count). The third kappa shape index (κ3) is 6.76. The van der Waals surface area contributed by atoms with Crippen LogP contribution in [0.1, 0.15) is 12.8 Å². The first-order chi connectivity index (χ1) is 21.8. The van der Waals surface area contributed by atoms with Gasteiger partial charge in [-0.1, -0.05) is 0 Å². The Labute approximate surface area is 256 Å². The summed E-state index contributed by atoms with van der Waals surface area (Å²) in [5, 5.41) is 5.19. The van der Waals surface area contributed by atoms with E-state index in [1.807, 2.05) is 0 Å². The van der Waals surface area contributed by atoms with Gasteiger partial charge in [0.1, 0.15) is 23.4 Å². The minimum Gasteiger partial charge on any atom is -0.487 e. The molecule has 4 heterocycles. The molecule has 12 nitrogen and oxygen atoms in total. The standard InChI is InChI=1S/C31H30F2N6O6/c1-42-28-25(44-15-12-39-10-13-43-14-11-39)17-23-26(38-28)24(6-9-34-23)45-27-22(33)16-21(18-35-27)37-30(41)31(7-8-31)29(40)36-20-4-2-19(32)3-5-20/h2-6,9,16-18H,7-8,10-15H2,1H3,(H,36,40)(H,37,41). The molecule has 2 amide bonds. The highest BCUT2D eigenvalue weighted by molar-refractivity contribution is 6.16. The number of carbonyl (C=O) groups is 2. The molecule has 45 heavy (non-hydrogen) atoms. The van der Waals surface area contributed by atoms with Gasteiger partial charge in [0.25, 0.3) is 11.8 Å². The number of methoxy groups -OCH3 is 1. The smallest absolute Gasteiger partial charge is 0.257 e. The maximum Gasteiger partial charge on any atom is 0.257 e. The summed E-state index contributed by atoms with van der Waals surface area (Å²) in [5.74, 6) is -1.99. The van der Waals surface area contributed by atoms with E-state index in [0.29, 0.717) is 61.7 Å². The molecule has 2 N–H and O–H groups in total. The number of pyridine rings is 3. The zero-order valence-electron chi connectivity index (χ0n) is 24.3. The molecular formula is C31H30F2N6O6. The van der Waals surface area contributed by atoms with Crippen LogP contribution in [0.2, 0.25) is 0 Å². The van der Waals surface area contributed by atoms with Gasteiger partial charge in [-0.15, -0.1) is 0 Å². The van der Waals surface area contributed by atoms with Gasteiger partial charge in [0.05, 0.1) is 37.7 Å². The monoisotopic (exact) mass is 620 g/mol. The molecule has 1 aliphatic carbocycles. The summed E-state index contributed by atoms with van der Waals surface area (Å²) in [6.45, 7) is 4.20. The molecule has 0 unspecified atom stereocenters. The average molecular weight is 621 g/mol. The third-order valence-corrected chi connectivity index (χ3v) is 7.56. The number of fused-ring (bicyclic) bond motifs is 1. The molecule has 2 aliphatic rings. The Bertz CT molecular complexity index is 1710. The highest BCUT2D eigenvalue weighted by Gasteiger charge is 2.56.